The number of benzene rings is 4. The van der Waals surface area contributed by atoms with Crippen LogP contribution >= 0.6 is 0 Å². The Kier molecular flexibility index (Phi) is 11.5. The van der Waals surface area contributed by atoms with Crippen LogP contribution in [0.15, 0.2) is 110 Å². The summed E-state index contributed by atoms with van der Waals surface area (Å²) in [6.07, 6.45) is 3.07. The van der Waals surface area contributed by atoms with Crippen LogP contribution in [0.4, 0.5) is 20.7 Å². The Balaban J connectivity index is 0.000000177. The van der Waals surface area contributed by atoms with Crippen molar-refractivity contribution in [2.24, 2.45) is 11.8 Å². The molecule has 8 rings (SSSR count). The van der Waals surface area contributed by atoms with Gasteiger partial charge in [0.25, 0.3) is 0 Å². The van der Waals surface area contributed by atoms with Gasteiger partial charge in [-0.25, -0.2) is 28.8 Å². The number of nitrogens with one attached hydrogen (secondary N) is 2. The number of rotatable bonds is 11. The van der Waals surface area contributed by atoms with Gasteiger partial charge in [0.1, 0.15) is 24.3 Å². The molecule has 58 heavy (non-hydrogen) atoms. The minimum atomic E-state index is -0.254. The van der Waals surface area contributed by atoms with Crippen LogP contribution in [0.25, 0.3) is 44.1 Å². The van der Waals surface area contributed by atoms with Gasteiger partial charge in [0.05, 0.1) is 37.7 Å². The molecule has 14 heteroatoms. The third kappa shape index (κ3) is 8.12. The van der Waals surface area contributed by atoms with Gasteiger partial charge in [0.15, 0.2) is 0 Å². The quantitative estimate of drug-likeness (QED) is 0.116. The van der Waals surface area contributed by atoms with E-state index in [9.17, 15) is 8.78 Å². The predicted octanol–water partition coefficient (Wildman–Crippen LogP) is 9.45. The number of H-pyrrole nitrogens is 1. The van der Waals surface area contributed by atoms with Crippen LogP contribution < -0.4 is 20.5 Å². The Morgan fingerprint density at radius 2 is 1.28 bits per heavy atom. The lowest BCUT2D eigenvalue weighted by atomic mass is 9.95. The normalized spacial score (nSPS) is 12.4. The molecule has 0 amide bonds. The fraction of sp³-hybridized carbons (Fsp3) is 0.227. The molecule has 8 aromatic rings. The first-order valence-corrected chi connectivity index (χ1v) is 18.8. The van der Waals surface area contributed by atoms with Crippen molar-refractivity contribution in [1.29, 1.82) is 0 Å². The molecule has 0 fully saturated rings. The summed E-state index contributed by atoms with van der Waals surface area (Å²) in [4.78, 5) is 13.5. The van der Waals surface area contributed by atoms with Gasteiger partial charge in [-0.15, -0.1) is 10.2 Å². The third-order valence-electron chi connectivity index (χ3n) is 9.98. The number of hydrogen-bond acceptors (Lipinski definition) is 10. The van der Waals surface area contributed by atoms with Crippen LogP contribution in [0.1, 0.15) is 50.9 Å². The molecule has 4 aromatic heterocycles. The lowest BCUT2D eigenvalue weighted by Crippen LogP contribution is -2.19. The molecule has 296 valence electrons. The van der Waals surface area contributed by atoms with Crippen LogP contribution in [0.5, 0.6) is 11.8 Å². The van der Waals surface area contributed by atoms with Gasteiger partial charge in [-0.05, 0) is 71.1 Å². The molecule has 4 aromatic carbocycles. The molecule has 0 aliphatic carbocycles. The molecule has 0 saturated heterocycles. The number of nitrogens with zero attached hydrogens (tertiary/aromatic N) is 7. The lowest BCUT2D eigenvalue weighted by molar-refractivity contribution is 0.367. The Morgan fingerprint density at radius 1 is 0.707 bits per heavy atom. The van der Waals surface area contributed by atoms with Crippen molar-refractivity contribution in [1.82, 2.24) is 39.9 Å². The zero-order valence-electron chi connectivity index (χ0n) is 33.0. The van der Waals surface area contributed by atoms with Gasteiger partial charge in [-0.3, -0.25) is 4.57 Å². The first-order valence-electron chi connectivity index (χ1n) is 18.8. The van der Waals surface area contributed by atoms with Crippen molar-refractivity contribution < 1.29 is 18.3 Å². The SMILES string of the molecule is COc1nc(-c2ccc3cccc(F)c3c2)ccc1C(C(C)C)n1cnnc1N.COc1nc(-c2ccc3cccc(F)c3c2)ccc1C(Nc1ncn[nH]1)C(C)C. The molecule has 0 spiro atoms. The van der Waals surface area contributed by atoms with E-state index in [1.165, 1.54) is 18.5 Å². The molecule has 2 unspecified atom stereocenters. The molecular formula is C44H44F2N10O2. The van der Waals surface area contributed by atoms with Crippen LogP contribution in [0, 0.1) is 23.5 Å². The monoisotopic (exact) mass is 782 g/mol. The molecule has 4 N–H and O–H groups in total. The molecule has 2 atom stereocenters. The Morgan fingerprint density at radius 3 is 1.76 bits per heavy atom. The van der Waals surface area contributed by atoms with E-state index >= 15 is 0 Å². The van der Waals surface area contributed by atoms with Crippen LogP contribution in [0.2, 0.25) is 0 Å². The van der Waals surface area contributed by atoms with E-state index in [1.54, 1.807) is 32.7 Å². The predicted molar refractivity (Wildman–Crippen MR) is 222 cm³/mol. The maximum Gasteiger partial charge on any atom is 0.222 e. The van der Waals surface area contributed by atoms with Crippen molar-refractivity contribution in [3.8, 4) is 34.3 Å². The highest BCUT2D eigenvalue weighted by Gasteiger charge is 2.26. The minimum absolute atomic E-state index is 0.0755. The Bertz CT molecular complexity index is 2660. The molecule has 0 bridgehead atoms. The molecule has 12 nitrogen and oxygen atoms in total. The number of methoxy groups -OCH3 is 2. The molecule has 0 aliphatic heterocycles. The summed E-state index contributed by atoms with van der Waals surface area (Å²) in [5, 5.41) is 20.7. The van der Waals surface area contributed by atoms with E-state index in [-0.39, 0.29) is 35.6 Å². The van der Waals surface area contributed by atoms with E-state index in [0.29, 0.717) is 40.1 Å². The van der Waals surface area contributed by atoms with Gasteiger partial charge < -0.3 is 20.5 Å². The number of fused-ring (bicyclic) bond motifs is 2. The van der Waals surface area contributed by atoms with E-state index in [0.717, 1.165) is 38.7 Å². The summed E-state index contributed by atoms with van der Waals surface area (Å²) in [5.74, 6) is 1.87. The van der Waals surface area contributed by atoms with E-state index < -0.39 is 0 Å². The van der Waals surface area contributed by atoms with Gasteiger partial charge >= 0.3 is 0 Å². The van der Waals surface area contributed by atoms with Gasteiger partial charge in [0, 0.05) is 33.0 Å². The summed E-state index contributed by atoms with van der Waals surface area (Å²) < 4.78 is 41.4. The topological polar surface area (TPSA) is 155 Å². The van der Waals surface area contributed by atoms with E-state index in [1.807, 2.05) is 77.4 Å². The smallest absolute Gasteiger partial charge is 0.222 e. The zero-order chi connectivity index (χ0) is 40.9. The number of ether oxygens (including phenoxy) is 2. The highest BCUT2D eigenvalue weighted by molar-refractivity contribution is 5.88. The van der Waals surface area contributed by atoms with Crippen molar-refractivity contribution in [3.05, 3.63) is 132 Å². The second-order valence-electron chi connectivity index (χ2n) is 14.4. The number of pyridine rings is 2. The van der Waals surface area contributed by atoms with Crippen LogP contribution in [-0.2, 0) is 0 Å². The molecular weight excluding hydrogens is 739 g/mol. The number of nitrogens with two attached hydrogens (primary N) is 1. The maximum atomic E-state index is 14.2. The third-order valence-corrected chi connectivity index (χ3v) is 9.98. The maximum absolute atomic E-state index is 14.2. The number of aromatic amines is 1. The number of anilines is 2. The lowest BCUT2D eigenvalue weighted by Gasteiger charge is -2.24. The fourth-order valence-corrected chi connectivity index (χ4v) is 7.12. The zero-order valence-corrected chi connectivity index (χ0v) is 33.0. The van der Waals surface area contributed by atoms with Gasteiger partial charge in [-0.1, -0.05) is 76.2 Å². The second kappa shape index (κ2) is 17.0. The molecule has 0 radical (unpaired) electrons. The molecule has 4 heterocycles. The molecule has 0 aliphatic rings. The highest BCUT2D eigenvalue weighted by Crippen LogP contribution is 2.37. The first kappa shape index (κ1) is 39.3. The van der Waals surface area contributed by atoms with Crippen LogP contribution in [-0.4, -0.2) is 54.1 Å². The van der Waals surface area contributed by atoms with Crippen molar-refractivity contribution in [3.63, 3.8) is 0 Å². The van der Waals surface area contributed by atoms with E-state index in [2.05, 4.69) is 58.4 Å². The van der Waals surface area contributed by atoms with Gasteiger partial charge in [0.2, 0.25) is 23.7 Å². The Hall–Kier alpha value is -6.96. The van der Waals surface area contributed by atoms with Crippen molar-refractivity contribution >= 4 is 33.4 Å². The van der Waals surface area contributed by atoms with Gasteiger partial charge in [-0.2, -0.15) is 5.10 Å². The van der Waals surface area contributed by atoms with Crippen molar-refractivity contribution in [2.75, 3.05) is 25.3 Å². The molecule has 0 saturated carbocycles. The minimum Gasteiger partial charge on any atom is -0.481 e. The summed E-state index contributed by atoms with van der Waals surface area (Å²) in [5.41, 5.74) is 10.9. The van der Waals surface area contributed by atoms with E-state index in [4.69, 9.17) is 25.2 Å². The number of hydrogen-bond donors (Lipinski definition) is 3. The number of halogens is 2. The summed E-state index contributed by atoms with van der Waals surface area (Å²) in [6.45, 7) is 8.38. The second-order valence-corrected chi connectivity index (χ2v) is 14.4. The largest absolute Gasteiger partial charge is 0.481 e. The van der Waals surface area contributed by atoms with Crippen molar-refractivity contribution in [2.45, 2.75) is 39.8 Å². The fourth-order valence-electron chi connectivity index (χ4n) is 7.12. The average Bonchev–Trinajstić information content (AvgIpc) is 3.92. The first-order chi connectivity index (χ1) is 28.1. The Labute approximate surface area is 334 Å². The number of nitrogen functional groups attached to an aromatic ring is 1. The van der Waals surface area contributed by atoms with Crippen LogP contribution in [0.3, 0.4) is 0 Å². The number of aromatic nitrogens is 8. The average molecular weight is 783 g/mol. The summed E-state index contributed by atoms with van der Waals surface area (Å²) in [7, 11) is 3.18. The summed E-state index contributed by atoms with van der Waals surface area (Å²) >= 11 is 0. The standard InChI is InChI=1S/2C22H22FN5O/c1-13(2)20(28-12-25-27-22(28)24)16-9-10-19(26-21(16)29-3)15-8-7-14-5-4-6-18(23)17(14)11-15;1-13(2)20(27-22-24-12-25-28-22)16-9-10-19(26-21(16)29-3)15-8-7-14-5-4-6-18(23)17(14)11-15/h4-13,20H,1-3H3,(H2,24,27);4-13,20H,1-3H3,(H2,24,25,27,28). The highest BCUT2D eigenvalue weighted by atomic mass is 19.1. The summed E-state index contributed by atoms with van der Waals surface area (Å²) in [6, 6.07) is 29.0.